The van der Waals surface area contributed by atoms with Gasteiger partial charge in [0.25, 0.3) is 11.8 Å². The quantitative estimate of drug-likeness (QED) is 0.0744. The van der Waals surface area contributed by atoms with Gasteiger partial charge in [-0.25, -0.2) is 8.78 Å². The topological polar surface area (TPSA) is 171 Å². The number of aromatic nitrogens is 4. The summed E-state index contributed by atoms with van der Waals surface area (Å²) in [5, 5.41) is 30.7. The van der Waals surface area contributed by atoms with Gasteiger partial charge in [0.2, 0.25) is 0 Å². The van der Waals surface area contributed by atoms with E-state index in [0.29, 0.717) is 50.5 Å². The maximum atomic E-state index is 14.7. The van der Waals surface area contributed by atoms with Crippen molar-refractivity contribution in [3.05, 3.63) is 140 Å². The number of carbonyl (C=O) groups is 3. The van der Waals surface area contributed by atoms with Gasteiger partial charge >= 0.3 is 5.97 Å². The van der Waals surface area contributed by atoms with Gasteiger partial charge in [0.05, 0.1) is 68.5 Å². The van der Waals surface area contributed by atoms with Crippen molar-refractivity contribution >= 4 is 75.4 Å². The van der Waals surface area contributed by atoms with Crippen LogP contribution >= 0.6 is 23.2 Å². The summed E-state index contributed by atoms with van der Waals surface area (Å²) in [5.41, 5.74) is 5.46. The zero-order valence-corrected chi connectivity index (χ0v) is 35.3. The van der Waals surface area contributed by atoms with E-state index in [4.69, 9.17) is 28.3 Å². The van der Waals surface area contributed by atoms with Crippen LogP contribution in [0.25, 0.3) is 0 Å². The van der Waals surface area contributed by atoms with Crippen LogP contribution in [0.1, 0.15) is 43.0 Å². The van der Waals surface area contributed by atoms with Gasteiger partial charge in [-0.05, 0) is 60.7 Å². The zero-order chi connectivity index (χ0) is 44.1. The third-order valence-electron chi connectivity index (χ3n) is 10.2. The van der Waals surface area contributed by atoms with Crippen molar-refractivity contribution in [3.63, 3.8) is 0 Å². The number of anilines is 6. The number of aliphatic hydroxyl groups excluding tert-OH is 1. The average molecular weight is 888 g/mol. The van der Waals surface area contributed by atoms with E-state index < -0.39 is 17.6 Å². The van der Waals surface area contributed by atoms with Crippen molar-refractivity contribution in [3.8, 4) is 0 Å². The lowest BCUT2D eigenvalue weighted by atomic mass is 10.1. The van der Waals surface area contributed by atoms with Crippen LogP contribution in [0.5, 0.6) is 0 Å². The molecule has 0 saturated carbocycles. The number of esters is 1. The number of halogens is 4. The first kappa shape index (κ1) is 43.7. The van der Waals surface area contributed by atoms with E-state index in [2.05, 4.69) is 36.2 Å². The molecule has 6 aromatic rings. The number of carbonyl (C=O) groups excluding carboxylic acids is 3. The Kier molecular flexibility index (Phi) is 13.5. The van der Waals surface area contributed by atoms with Gasteiger partial charge < -0.3 is 40.9 Å². The largest absolute Gasteiger partial charge is 0.468 e. The summed E-state index contributed by atoms with van der Waals surface area (Å²) in [6.45, 7) is 1.25. The Hall–Kier alpha value is -6.37. The van der Waals surface area contributed by atoms with E-state index in [0.717, 1.165) is 22.8 Å². The molecule has 0 spiro atoms. The molecule has 2 aromatic heterocycles. The number of hydrogen-bond donors (Lipinski definition) is 5. The highest BCUT2D eigenvalue weighted by molar-refractivity contribution is 6.31. The molecule has 322 valence electrons. The molecule has 0 saturated heterocycles. The SMILES string of the molecule is COC(=O)CNCc1ccc(C(=O)N2Cc3cnn(C)c3Nc3cc(Cl)ccc32)cc1F.Cn1ncc2c1Nc1cc(Cl)ccc1N(C(=O)c1ccc(CNCCO)c(F)c1)C2. The summed E-state index contributed by atoms with van der Waals surface area (Å²) in [6.07, 6.45) is 3.39. The minimum Gasteiger partial charge on any atom is -0.468 e. The first-order chi connectivity index (χ1) is 29.8. The molecule has 2 amide bonds. The fourth-order valence-corrected chi connectivity index (χ4v) is 7.31. The van der Waals surface area contributed by atoms with Crippen LogP contribution < -0.4 is 31.1 Å². The normalized spacial score (nSPS) is 12.6. The molecule has 4 heterocycles. The maximum absolute atomic E-state index is 14.7. The Morgan fingerprint density at radius 3 is 1.63 bits per heavy atom. The monoisotopic (exact) mass is 886 g/mol. The average Bonchev–Trinajstić information content (AvgIpc) is 3.65. The molecule has 0 unspecified atom stereocenters. The number of nitrogens with one attached hydrogen (secondary N) is 4. The molecular formula is C43H42Cl2F2N10O5. The lowest BCUT2D eigenvalue weighted by molar-refractivity contribution is -0.139. The van der Waals surface area contributed by atoms with Crippen LogP contribution in [0.15, 0.2) is 85.2 Å². The molecule has 5 N–H and O–H groups in total. The number of nitrogens with zero attached hydrogens (tertiary/aromatic N) is 6. The Bertz CT molecular complexity index is 2660. The highest BCUT2D eigenvalue weighted by Gasteiger charge is 2.29. The van der Waals surface area contributed by atoms with Gasteiger partial charge in [0, 0.05) is 77.2 Å². The molecule has 0 atom stereocenters. The van der Waals surface area contributed by atoms with Crippen LogP contribution in [-0.2, 0) is 49.8 Å². The second kappa shape index (κ2) is 19.1. The van der Waals surface area contributed by atoms with E-state index in [1.165, 1.54) is 25.3 Å². The van der Waals surface area contributed by atoms with Crippen LogP contribution in [0.2, 0.25) is 10.0 Å². The van der Waals surface area contributed by atoms with E-state index in [9.17, 15) is 23.2 Å². The van der Waals surface area contributed by atoms with E-state index in [1.54, 1.807) is 93.2 Å². The summed E-state index contributed by atoms with van der Waals surface area (Å²) in [5.74, 6) is -0.629. The molecular weight excluding hydrogens is 845 g/mol. The van der Waals surface area contributed by atoms with Gasteiger partial charge in [0.1, 0.15) is 23.3 Å². The Balaban J connectivity index is 0.000000187. The number of aryl methyl sites for hydroxylation is 2. The zero-order valence-electron chi connectivity index (χ0n) is 33.8. The second-order valence-corrected chi connectivity index (χ2v) is 15.2. The number of amides is 2. The Morgan fingerprint density at radius 1 is 0.726 bits per heavy atom. The number of fused-ring (bicyclic) bond motifs is 4. The fraction of sp³-hybridized carbons (Fsp3) is 0.233. The highest BCUT2D eigenvalue weighted by atomic mass is 35.5. The third-order valence-corrected chi connectivity index (χ3v) is 10.7. The number of aliphatic hydroxyl groups is 1. The number of ether oxygens (including phenoxy) is 1. The van der Waals surface area contributed by atoms with Crippen molar-refractivity contribution in [2.45, 2.75) is 26.2 Å². The van der Waals surface area contributed by atoms with E-state index in [1.807, 2.05) is 7.05 Å². The Morgan fingerprint density at radius 2 is 1.19 bits per heavy atom. The molecule has 0 radical (unpaired) electrons. The lowest BCUT2D eigenvalue weighted by Gasteiger charge is -2.23. The van der Waals surface area contributed by atoms with Gasteiger partial charge in [-0.3, -0.25) is 23.7 Å². The molecule has 0 fully saturated rings. The fourth-order valence-electron chi connectivity index (χ4n) is 6.97. The van der Waals surface area contributed by atoms with E-state index in [-0.39, 0.29) is 62.3 Å². The first-order valence-corrected chi connectivity index (χ1v) is 20.0. The molecule has 15 nitrogen and oxygen atoms in total. The molecule has 19 heteroatoms. The number of rotatable bonds is 10. The van der Waals surface area contributed by atoms with Crippen LogP contribution in [0.4, 0.5) is 43.2 Å². The first-order valence-electron chi connectivity index (χ1n) is 19.3. The minimum absolute atomic E-state index is 0.0268. The molecule has 0 aliphatic carbocycles. The van der Waals surface area contributed by atoms with Crippen LogP contribution in [-0.4, -0.2) is 69.3 Å². The summed E-state index contributed by atoms with van der Waals surface area (Å²) < 4.78 is 37.2. The van der Waals surface area contributed by atoms with Crippen molar-refractivity contribution in [2.24, 2.45) is 14.1 Å². The van der Waals surface area contributed by atoms with Crippen molar-refractivity contribution in [1.29, 1.82) is 0 Å². The second-order valence-electron chi connectivity index (χ2n) is 14.3. The summed E-state index contributed by atoms with van der Waals surface area (Å²) >= 11 is 12.3. The van der Waals surface area contributed by atoms with Gasteiger partial charge in [-0.1, -0.05) is 35.3 Å². The third kappa shape index (κ3) is 9.56. The maximum Gasteiger partial charge on any atom is 0.319 e. The van der Waals surface area contributed by atoms with Crippen LogP contribution in [0, 0.1) is 11.6 Å². The van der Waals surface area contributed by atoms with Crippen molar-refractivity contribution in [1.82, 2.24) is 30.2 Å². The predicted octanol–water partition coefficient (Wildman–Crippen LogP) is 6.58. The van der Waals surface area contributed by atoms with E-state index >= 15 is 0 Å². The molecule has 2 aliphatic rings. The lowest BCUT2D eigenvalue weighted by Crippen LogP contribution is -2.30. The standard InChI is InChI=1S/C22H21ClFN5O3.C21H21ClFN5O2/c1-28-21-15(10-26-28)12-29(19-6-5-16(23)8-18(19)27-21)22(31)13-3-4-14(17(24)7-13)9-25-11-20(30)32-2;1-27-20-15(11-25-27)12-28(19-5-4-16(22)9-18(19)26-20)21(30)13-2-3-14(17(23)8-13)10-24-6-7-29/h3-8,10,25,27H,9,11-12H2,1-2H3;2-5,8-9,11,24,26,29H,6-7,10,12H2,1H3. The summed E-state index contributed by atoms with van der Waals surface area (Å²) in [7, 11) is 4.90. The smallest absolute Gasteiger partial charge is 0.319 e. The minimum atomic E-state index is -0.542. The molecule has 62 heavy (non-hydrogen) atoms. The van der Waals surface area contributed by atoms with Gasteiger partial charge in [0.15, 0.2) is 0 Å². The van der Waals surface area contributed by atoms with Gasteiger partial charge in [-0.15, -0.1) is 0 Å². The molecule has 0 bridgehead atoms. The molecule has 2 aliphatic heterocycles. The highest BCUT2D eigenvalue weighted by Crippen LogP contribution is 2.39. The number of benzene rings is 4. The molecule has 4 aromatic carbocycles. The Labute approximate surface area is 365 Å². The number of methoxy groups -OCH3 is 1. The van der Waals surface area contributed by atoms with Crippen molar-refractivity contribution < 1.29 is 33.0 Å². The van der Waals surface area contributed by atoms with Crippen molar-refractivity contribution in [2.75, 3.05) is 47.2 Å². The predicted molar refractivity (Wildman–Crippen MR) is 232 cm³/mol. The summed E-state index contributed by atoms with van der Waals surface area (Å²) in [6, 6.07) is 19.2. The van der Waals surface area contributed by atoms with Gasteiger partial charge in [-0.2, -0.15) is 10.2 Å². The van der Waals surface area contributed by atoms with Crippen LogP contribution in [0.3, 0.4) is 0 Å². The molecule has 8 rings (SSSR count). The number of hydrogen-bond acceptors (Lipinski definition) is 11. The summed E-state index contributed by atoms with van der Waals surface area (Å²) in [4.78, 5) is 41.1.